The van der Waals surface area contributed by atoms with Crippen molar-refractivity contribution in [3.05, 3.63) is 29.8 Å². The number of nitrogens with one attached hydrogen (secondary N) is 2. The Labute approximate surface area is 316 Å². The van der Waals surface area contributed by atoms with Gasteiger partial charge in [0.15, 0.2) is 0 Å². The fourth-order valence-corrected chi connectivity index (χ4v) is 7.35. The third-order valence-corrected chi connectivity index (χ3v) is 9.77. The summed E-state index contributed by atoms with van der Waals surface area (Å²) in [5.74, 6) is -0.876. The molecule has 4 N–H and O–H groups in total. The van der Waals surface area contributed by atoms with Gasteiger partial charge in [0.25, 0.3) is 5.91 Å². The number of alkyl halides is 2. The molecule has 0 aliphatic carbocycles. The van der Waals surface area contributed by atoms with E-state index < -0.39 is 78.5 Å². The van der Waals surface area contributed by atoms with E-state index in [-0.39, 0.29) is 50.0 Å². The maximum Gasteiger partial charge on any atom is 0.408 e. The van der Waals surface area contributed by atoms with Crippen molar-refractivity contribution >= 4 is 29.5 Å². The number of hydrogen-bond acceptors (Lipinski definition) is 10. The van der Waals surface area contributed by atoms with Crippen LogP contribution in [0.4, 0.5) is 19.3 Å². The van der Waals surface area contributed by atoms with Crippen LogP contribution < -0.4 is 15.5 Å². The van der Waals surface area contributed by atoms with E-state index in [9.17, 15) is 38.2 Å². The fraction of sp³-hybridized carbons (Fsp3) is 0.737. The number of alkyl carbamates (subject to hydrolysis) is 1. The number of benzene rings is 1. The number of aliphatic hydroxyl groups excluding tert-OH is 2. The molecule has 4 aliphatic rings. The molecule has 4 fully saturated rings. The number of fused-ring (bicyclic) bond motifs is 2. The Bertz CT molecular complexity index is 1460. The number of carbonyl (C=O) groups excluding carboxylic acids is 4. The zero-order chi connectivity index (χ0) is 40.2. The van der Waals surface area contributed by atoms with Gasteiger partial charge in [-0.15, -0.1) is 0 Å². The lowest BCUT2D eigenvalue weighted by molar-refractivity contribution is -0.137. The summed E-state index contributed by atoms with van der Waals surface area (Å²) in [6.45, 7) is 12.7. The molecule has 4 amide bonds. The summed E-state index contributed by atoms with van der Waals surface area (Å²) >= 11 is 0. The van der Waals surface area contributed by atoms with Crippen molar-refractivity contribution in [2.24, 2.45) is 11.8 Å². The highest BCUT2D eigenvalue weighted by atomic mass is 19.1. The molecule has 4 saturated heterocycles. The van der Waals surface area contributed by atoms with E-state index in [0.717, 1.165) is 5.69 Å². The highest BCUT2D eigenvalue weighted by Gasteiger charge is 2.54. The summed E-state index contributed by atoms with van der Waals surface area (Å²) in [4.78, 5) is 55.5. The van der Waals surface area contributed by atoms with Crippen LogP contribution in [0.5, 0.6) is 0 Å². The van der Waals surface area contributed by atoms with Gasteiger partial charge in [-0.05, 0) is 69.7 Å². The van der Waals surface area contributed by atoms with E-state index in [2.05, 4.69) is 10.6 Å². The van der Waals surface area contributed by atoms with Gasteiger partial charge in [-0.2, -0.15) is 0 Å². The van der Waals surface area contributed by atoms with Crippen molar-refractivity contribution in [3.63, 3.8) is 0 Å². The van der Waals surface area contributed by atoms with E-state index in [4.69, 9.17) is 14.2 Å². The van der Waals surface area contributed by atoms with Crippen molar-refractivity contribution < 1.29 is 52.4 Å². The van der Waals surface area contributed by atoms with Crippen LogP contribution in [0.15, 0.2) is 24.3 Å². The number of amides is 4. The smallest absolute Gasteiger partial charge is 0.408 e. The Kier molecular flexibility index (Phi) is 14.3. The summed E-state index contributed by atoms with van der Waals surface area (Å²) in [7, 11) is 3.82. The van der Waals surface area contributed by atoms with Gasteiger partial charge in [-0.3, -0.25) is 14.4 Å². The van der Waals surface area contributed by atoms with Crippen LogP contribution in [-0.4, -0.2) is 151 Å². The van der Waals surface area contributed by atoms with E-state index in [0.29, 0.717) is 18.4 Å². The molecule has 5 rings (SSSR count). The molecule has 0 saturated carbocycles. The number of aliphatic hydroxyl groups is 2. The van der Waals surface area contributed by atoms with Crippen molar-refractivity contribution in [1.82, 2.24) is 20.4 Å². The standard InChI is InChI=1S/C21H30FN3O4.C17H29FN2O5/c1-12(2)9-16(23-20(27)13-5-7-14(8-6-13)24(3)4)21(28)25-10-15(22)19-18(25)17(26)11-29-19;1-9(2)6-11(19-16(23)25-17(3,4)5)15(22)20-7-10(18)14-13(20)12(21)8-24-14/h5-8,12,15-19,26H,9-11H2,1-4H3,(H,23,27);9-14,21H,6-8H2,1-5H3,(H,19,23)/t15-,16-,17-,18+,19+;10-,11-,12-,13+,14+/m00/s1. The van der Waals surface area contributed by atoms with Crippen molar-refractivity contribution in [1.29, 1.82) is 0 Å². The molecule has 0 aromatic heterocycles. The minimum absolute atomic E-state index is 0.00781. The first-order chi connectivity index (χ1) is 25.2. The first kappa shape index (κ1) is 43.1. The van der Waals surface area contributed by atoms with Crippen molar-refractivity contribution in [2.75, 3.05) is 45.3 Å². The zero-order valence-electron chi connectivity index (χ0n) is 32.8. The Morgan fingerprint density at radius 1 is 0.815 bits per heavy atom. The van der Waals surface area contributed by atoms with Crippen LogP contribution in [-0.2, 0) is 23.8 Å². The van der Waals surface area contributed by atoms with Gasteiger partial charge in [0.2, 0.25) is 11.8 Å². The summed E-state index contributed by atoms with van der Waals surface area (Å²) < 4.78 is 44.2. The molecule has 0 radical (unpaired) electrons. The molecule has 14 nitrogen and oxygen atoms in total. The Morgan fingerprint density at radius 2 is 1.24 bits per heavy atom. The van der Waals surface area contributed by atoms with Crippen LogP contribution in [0, 0.1) is 11.8 Å². The molecular weight excluding hydrogens is 708 g/mol. The van der Waals surface area contributed by atoms with Gasteiger partial charge >= 0.3 is 6.09 Å². The molecule has 1 aromatic carbocycles. The molecule has 16 heteroatoms. The topological polar surface area (TPSA) is 170 Å². The van der Waals surface area contributed by atoms with Gasteiger partial charge in [-0.1, -0.05) is 27.7 Å². The molecule has 304 valence electrons. The van der Waals surface area contributed by atoms with Gasteiger partial charge in [-0.25, -0.2) is 13.6 Å². The lowest BCUT2D eigenvalue weighted by atomic mass is 10.0. The molecule has 0 spiro atoms. The number of anilines is 1. The van der Waals surface area contributed by atoms with E-state index in [1.807, 2.05) is 58.8 Å². The predicted molar refractivity (Wildman–Crippen MR) is 196 cm³/mol. The second-order valence-electron chi connectivity index (χ2n) is 16.7. The molecule has 10 atom stereocenters. The minimum Gasteiger partial charge on any atom is -0.444 e. The number of likely N-dealkylation sites (tertiary alicyclic amines) is 2. The first-order valence-corrected chi connectivity index (χ1v) is 18.7. The fourth-order valence-electron chi connectivity index (χ4n) is 7.35. The lowest BCUT2D eigenvalue weighted by Gasteiger charge is -2.30. The van der Waals surface area contributed by atoms with E-state index in [1.165, 1.54) is 9.80 Å². The number of ether oxygens (including phenoxy) is 3. The van der Waals surface area contributed by atoms with E-state index >= 15 is 0 Å². The number of carbonyl (C=O) groups is 4. The third kappa shape index (κ3) is 10.6. The molecule has 1 aromatic rings. The van der Waals surface area contributed by atoms with Crippen LogP contribution in [0.3, 0.4) is 0 Å². The maximum absolute atomic E-state index is 14.3. The summed E-state index contributed by atoms with van der Waals surface area (Å²) in [5, 5.41) is 25.6. The second-order valence-corrected chi connectivity index (χ2v) is 16.7. The highest BCUT2D eigenvalue weighted by Crippen LogP contribution is 2.34. The molecule has 0 unspecified atom stereocenters. The number of rotatable bonds is 10. The van der Waals surface area contributed by atoms with Crippen LogP contribution in [0.2, 0.25) is 0 Å². The molecule has 4 aliphatic heterocycles. The molecular formula is C38H59F2N5O9. The third-order valence-electron chi connectivity index (χ3n) is 9.77. The largest absolute Gasteiger partial charge is 0.444 e. The summed E-state index contributed by atoms with van der Waals surface area (Å²) in [6, 6.07) is 4.03. The van der Waals surface area contributed by atoms with Gasteiger partial charge in [0.1, 0.15) is 54.4 Å². The Balaban J connectivity index is 0.000000244. The maximum atomic E-state index is 14.3. The first-order valence-electron chi connectivity index (χ1n) is 18.7. The lowest BCUT2D eigenvalue weighted by Crippen LogP contribution is -2.54. The van der Waals surface area contributed by atoms with Crippen molar-refractivity contribution in [2.45, 2.75) is 128 Å². The van der Waals surface area contributed by atoms with E-state index in [1.54, 1.807) is 32.9 Å². The van der Waals surface area contributed by atoms with Crippen LogP contribution in [0.25, 0.3) is 0 Å². The quantitative estimate of drug-likeness (QED) is 0.278. The van der Waals surface area contributed by atoms with Gasteiger partial charge < -0.3 is 49.8 Å². The van der Waals surface area contributed by atoms with Crippen LogP contribution in [0.1, 0.15) is 71.7 Å². The summed E-state index contributed by atoms with van der Waals surface area (Å²) in [5.41, 5.74) is 0.723. The second kappa shape index (κ2) is 17.9. The Hall–Kier alpha value is -3.60. The Morgan fingerprint density at radius 3 is 1.63 bits per heavy atom. The van der Waals surface area contributed by atoms with Gasteiger partial charge in [0.05, 0.1) is 38.4 Å². The van der Waals surface area contributed by atoms with Crippen molar-refractivity contribution in [3.8, 4) is 0 Å². The number of nitrogens with zero attached hydrogens (tertiary/aromatic N) is 3. The SMILES string of the molecule is CC(C)C[C@H](NC(=O)OC(C)(C)C)C(=O)N1C[C@H](F)[C@H]2OC[C@H](O)[C@H]21.CC(C)C[C@H](NC(=O)c1ccc(N(C)C)cc1)C(=O)N1C[C@H](F)[C@H]2OC[C@H](O)[C@H]21. The molecule has 54 heavy (non-hydrogen) atoms. The minimum atomic E-state index is -1.34. The molecule has 4 heterocycles. The summed E-state index contributed by atoms with van der Waals surface area (Å²) in [6.07, 6.45) is -6.01. The normalized spacial score (nSPS) is 28.6. The number of hydrogen-bond donors (Lipinski definition) is 4. The average Bonchev–Trinajstić information content (AvgIpc) is 3.82. The zero-order valence-corrected chi connectivity index (χ0v) is 32.8. The number of halogens is 2. The molecule has 0 bridgehead atoms. The van der Waals surface area contributed by atoms with Gasteiger partial charge in [0, 0.05) is 25.3 Å². The predicted octanol–water partition coefficient (Wildman–Crippen LogP) is 2.44. The van der Waals surface area contributed by atoms with Crippen LogP contribution >= 0.6 is 0 Å². The monoisotopic (exact) mass is 767 g/mol. The average molecular weight is 768 g/mol. The highest BCUT2D eigenvalue weighted by molar-refractivity contribution is 5.98.